The van der Waals surface area contributed by atoms with Gasteiger partial charge in [-0.15, -0.1) is 0 Å². The van der Waals surface area contributed by atoms with Crippen LogP contribution >= 0.6 is 0 Å². The Balaban J connectivity index is 2.07. The van der Waals surface area contributed by atoms with E-state index in [1.165, 1.54) is 0 Å². The Bertz CT molecular complexity index is 941. The Morgan fingerprint density at radius 2 is 1.82 bits per heavy atom. The number of aromatic nitrogens is 2. The van der Waals surface area contributed by atoms with Crippen LogP contribution in [0.5, 0.6) is 0 Å². The van der Waals surface area contributed by atoms with Crippen molar-refractivity contribution in [2.75, 3.05) is 5.75 Å². The second-order valence-corrected chi connectivity index (χ2v) is 7.18. The molecule has 0 N–H and O–H groups in total. The fraction of sp³-hybridized carbons (Fsp3) is 0.125. The lowest BCUT2D eigenvalue weighted by Crippen LogP contribution is -2.04. The molecule has 6 heteroatoms. The minimum Gasteiger partial charge on any atom is -0.305 e. The number of aldehydes is 1. The van der Waals surface area contributed by atoms with E-state index in [2.05, 4.69) is 4.98 Å². The van der Waals surface area contributed by atoms with Gasteiger partial charge in [0.15, 0.2) is 9.84 Å². The van der Waals surface area contributed by atoms with Gasteiger partial charge in [0, 0.05) is 23.5 Å². The number of imidazole rings is 1. The molecule has 0 fully saturated rings. The zero-order valence-electron chi connectivity index (χ0n) is 11.9. The van der Waals surface area contributed by atoms with Gasteiger partial charge in [-0.05, 0) is 12.1 Å². The number of carbonyl (C=O) groups excluding carboxylic acids is 1. The first-order chi connectivity index (χ1) is 10.5. The van der Waals surface area contributed by atoms with Gasteiger partial charge in [-0.25, -0.2) is 13.4 Å². The minimum atomic E-state index is -3.24. The number of hydrogen-bond acceptors (Lipinski definition) is 4. The fourth-order valence-corrected chi connectivity index (χ4v) is 3.08. The summed E-state index contributed by atoms with van der Waals surface area (Å²) < 4.78 is 25.6. The van der Waals surface area contributed by atoms with Gasteiger partial charge < -0.3 is 4.40 Å². The van der Waals surface area contributed by atoms with Gasteiger partial charge in [-0.1, -0.05) is 31.2 Å². The van der Waals surface area contributed by atoms with Crippen LogP contribution in [-0.2, 0) is 9.84 Å². The highest BCUT2D eigenvalue weighted by Gasteiger charge is 2.13. The molecule has 3 rings (SSSR count). The number of rotatable bonds is 4. The maximum absolute atomic E-state index is 11.9. The van der Waals surface area contributed by atoms with Crippen LogP contribution in [0, 0.1) is 0 Å². The number of carbonyl (C=O) groups is 1. The molecule has 0 unspecified atom stereocenters. The number of hydrogen-bond donors (Lipinski definition) is 0. The molecule has 112 valence electrons. The van der Waals surface area contributed by atoms with E-state index in [-0.39, 0.29) is 10.6 Å². The van der Waals surface area contributed by atoms with Crippen molar-refractivity contribution in [3.05, 3.63) is 54.4 Å². The van der Waals surface area contributed by atoms with Crippen molar-refractivity contribution in [2.45, 2.75) is 11.8 Å². The summed E-state index contributed by atoms with van der Waals surface area (Å²) in [5, 5.41) is 0. The molecule has 1 aromatic carbocycles. The van der Waals surface area contributed by atoms with E-state index in [0.717, 1.165) is 17.5 Å². The van der Waals surface area contributed by atoms with Crippen molar-refractivity contribution < 1.29 is 13.2 Å². The van der Waals surface area contributed by atoms with Crippen molar-refractivity contribution in [1.82, 2.24) is 9.38 Å². The molecule has 0 amide bonds. The lowest BCUT2D eigenvalue weighted by Gasteiger charge is -2.01. The van der Waals surface area contributed by atoms with E-state index in [4.69, 9.17) is 0 Å². The molecule has 0 radical (unpaired) electrons. The van der Waals surface area contributed by atoms with Crippen LogP contribution in [0.15, 0.2) is 53.7 Å². The summed E-state index contributed by atoms with van der Waals surface area (Å²) in [6.07, 6.45) is 4.14. The molecule has 2 aromatic heterocycles. The second-order valence-electron chi connectivity index (χ2n) is 4.90. The lowest BCUT2D eigenvalue weighted by atomic mass is 10.1. The van der Waals surface area contributed by atoms with Crippen LogP contribution in [0.2, 0.25) is 0 Å². The maximum Gasteiger partial charge on any atom is 0.179 e. The smallest absolute Gasteiger partial charge is 0.179 e. The van der Waals surface area contributed by atoms with E-state index in [1.807, 2.05) is 12.1 Å². The fourth-order valence-electron chi connectivity index (χ4n) is 2.19. The molecule has 0 bridgehead atoms. The Hall–Kier alpha value is -2.47. The monoisotopic (exact) mass is 314 g/mol. The highest BCUT2D eigenvalue weighted by molar-refractivity contribution is 7.91. The predicted octanol–water partition coefficient (Wildman–Crippen LogP) is 2.61. The van der Waals surface area contributed by atoms with Crippen molar-refractivity contribution in [3.63, 3.8) is 0 Å². The number of sulfone groups is 1. The predicted molar refractivity (Wildman–Crippen MR) is 83.7 cm³/mol. The molecule has 0 aliphatic carbocycles. The summed E-state index contributed by atoms with van der Waals surface area (Å²) in [4.78, 5) is 15.4. The van der Waals surface area contributed by atoms with Crippen LogP contribution in [0.3, 0.4) is 0 Å². The third kappa shape index (κ3) is 2.53. The van der Waals surface area contributed by atoms with Crippen LogP contribution in [0.4, 0.5) is 0 Å². The molecule has 0 saturated carbocycles. The third-order valence-corrected chi connectivity index (χ3v) is 5.23. The summed E-state index contributed by atoms with van der Waals surface area (Å²) in [6.45, 7) is 1.62. The molecule has 0 spiro atoms. The van der Waals surface area contributed by atoms with Crippen molar-refractivity contribution in [1.29, 1.82) is 0 Å². The summed E-state index contributed by atoms with van der Waals surface area (Å²) in [5.41, 5.74) is 2.87. The average molecular weight is 314 g/mol. The summed E-state index contributed by atoms with van der Waals surface area (Å²) in [5.74, 6) is 0.0627. The molecule has 5 nitrogen and oxygen atoms in total. The van der Waals surface area contributed by atoms with Crippen LogP contribution in [-0.4, -0.2) is 29.8 Å². The van der Waals surface area contributed by atoms with Crippen molar-refractivity contribution in [3.8, 4) is 11.3 Å². The minimum absolute atomic E-state index is 0.0627. The highest BCUT2D eigenvalue weighted by atomic mass is 32.2. The topological polar surface area (TPSA) is 68.5 Å². The molecular weight excluding hydrogens is 300 g/mol. The van der Waals surface area contributed by atoms with Gasteiger partial charge in [-0.3, -0.25) is 4.79 Å². The number of benzene rings is 1. The average Bonchev–Trinajstić information content (AvgIpc) is 2.98. The Kier molecular flexibility index (Phi) is 3.54. The highest BCUT2D eigenvalue weighted by Crippen LogP contribution is 2.21. The largest absolute Gasteiger partial charge is 0.305 e. The second kappa shape index (κ2) is 5.38. The van der Waals surface area contributed by atoms with E-state index in [0.29, 0.717) is 11.2 Å². The quantitative estimate of drug-likeness (QED) is 0.694. The third-order valence-electron chi connectivity index (χ3n) is 3.51. The van der Waals surface area contributed by atoms with Crippen LogP contribution in [0.1, 0.15) is 17.3 Å². The van der Waals surface area contributed by atoms with Gasteiger partial charge in [0.05, 0.1) is 16.3 Å². The number of nitrogens with zero attached hydrogens (tertiary/aromatic N) is 2. The first kappa shape index (κ1) is 14.5. The summed E-state index contributed by atoms with van der Waals surface area (Å²) >= 11 is 0. The van der Waals surface area contributed by atoms with E-state index in [9.17, 15) is 13.2 Å². The maximum atomic E-state index is 11.9. The van der Waals surface area contributed by atoms with Crippen molar-refractivity contribution in [2.24, 2.45) is 0 Å². The molecule has 3 aromatic rings. The lowest BCUT2D eigenvalue weighted by molar-refractivity contribution is 0.112. The summed E-state index contributed by atoms with van der Waals surface area (Å²) in [6, 6.07) is 10.3. The first-order valence-electron chi connectivity index (χ1n) is 6.80. The zero-order valence-corrected chi connectivity index (χ0v) is 12.7. The van der Waals surface area contributed by atoms with Crippen LogP contribution in [0.25, 0.3) is 16.9 Å². The molecule has 2 heterocycles. The molecule has 0 saturated heterocycles. The molecule has 0 atom stereocenters. The van der Waals surface area contributed by atoms with Gasteiger partial charge in [0.1, 0.15) is 11.9 Å². The first-order valence-corrected chi connectivity index (χ1v) is 8.46. The Morgan fingerprint density at radius 3 is 2.45 bits per heavy atom. The normalized spacial score (nSPS) is 11.7. The van der Waals surface area contributed by atoms with Gasteiger partial charge >= 0.3 is 0 Å². The van der Waals surface area contributed by atoms with E-state index >= 15 is 0 Å². The van der Waals surface area contributed by atoms with Crippen LogP contribution < -0.4 is 0 Å². The molecular formula is C16H14N2O3S. The summed E-state index contributed by atoms with van der Waals surface area (Å²) in [7, 11) is -3.24. The standard InChI is InChI=1S/C16H14N2O3S/c1-2-22(20,21)14-7-8-16-17-15(10-18(16)9-14)13-5-3-12(11-19)4-6-13/h3-11H,2H2,1H3. The van der Waals surface area contributed by atoms with E-state index < -0.39 is 9.84 Å². The zero-order chi connectivity index (χ0) is 15.7. The van der Waals surface area contributed by atoms with Gasteiger partial charge in [0.25, 0.3) is 0 Å². The molecule has 0 aliphatic rings. The SMILES string of the molecule is CCS(=O)(=O)c1ccc2nc(-c3ccc(C=O)cc3)cn2c1. The van der Waals surface area contributed by atoms with Gasteiger partial charge in [0.2, 0.25) is 0 Å². The number of pyridine rings is 1. The molecule has 22 heavy (non-hydrogen) atoms. The Morgan fingerprint density at radius 1 is 1.09 bits per heavy atom. The van der Waals surface area contributed by atoms with Crippen molar-refractivity contribution >= 4 is 21.8 Å². The molecule has 0 aliphatic heterocycles. The Labute approximate surface area is 128 Å². The van der Waals surface area contributed by atoms with Gasteiger partial charge in [-0.2, -0.15) is 0 Å². The number of fused-ring (bicyclic) bond motifs is 1. The van der Waals surface area contributed by atoms with E-state index in [1.54, 1.807) is 48.0 Å².